The molecule has 2 bridgehead atoms. The third-order valence-electron chi connectivity index (χ3n) is 6.97. The van der Waals surface area contributed by atoms with Crippen LogP contribution in [0.15, 0.2) is 35.2 Å². The molecule has 3 unspecified atom stereocenters. The predicted molar refractivity (Wildman–Crippen MR) is 127 cm³/mol. The van der Waals surface area contributed by atoms with E-state index < -0.39 is 27.2 Å². The van der Waals surface area contributed by atoms with Crippen LogP contribution < -0.4 is 0 Å². The molecule has 0 N–H and O–H groups in total. The van der Waals surface area contributed by atoms with Crippen molar-refractivity contribution in [3.8, 4) is 0 Å². The maximum atomic E-state index is 13.2. The standard InChI is InChI=1S/C24H27NO7S2/c1-30-9-10-31-11-12-33-20-8-7-19-22-17(20)3-2-4-18(22)23(26)25(24(19)27)32-34(28,29)21-14-15-5-6-16(21)13-15/h2-4,7-8,15-16,21H,5-6,9-14H2,1H3. The summed E-state index contributed by atoms with van der Waals surface area (Å²) >= 11 is 1.57. The molecule has 2 aliphatic carbocycles. The number of benzene rings is 2. The summed E-state index contributed by atoms with van der Waals surface area (Å²) in [6.07, 6.45) is 3.29. The SMILES string of the molecule is COCCOCCSc1ccc2c3c(cccc13)C(=O)N(OS(=O)(=O)C1CC3CCC1C3)C2=O. The second-order valence-corrected chi connectivity index (χ2v) is 11.9. The molecule has 2 amide bonds. The average Bonchev–Trinajstić information content (AvgIpc) is 3.47. The highest BCUT2D eigenvalue weighted by Gasteiger charge is 2.49. The van der Waals surface area contributed by atoms with E-state index in [-0.39, 0.29) is 17.0 Å². The van der Waals surface area contributed by atoms with Gasteiger partial charge < -0.3 is 9.47 Å². The summed E-state index contributed by atoms with van der Waals surface area (Å²) in [5.74, 6) is -0.378. The van der Waals surface area contributed by atoms with E-state index in [9.17, 15) is 18.0 Å². The minimum Gasteiger partial charge on any atom is -0.382 e. The third-order valence-corrected chi connectivity index (χ3v) is 9.68. The van der Waals surface area contributed by atoms with Crippen LogP contribution in [0.4, 0.5) is 0 Å². The van der Waals surface area contributed by atoms with E-state index in [0.29, 0.717) is 48.4 Å². The first-order valence-corrected chi connectivity index (χ1v) is 13.9. The first-order chi connectivity index (χ1) is 16.4. The number of nitrogens with zero attached hydrogens (tertiary/aromatic N) is 1. The molecule has 1 heterocycles. The van der Waals surface area contributed by atoms with Crippen molar-refractivity contribution in [1.29, 1.82) is 0 Å². The molecule has 0 saturated heterocycles. The Morgan fingerprint density at radius 1 is 1.00 bits per heavy atom. The summed E-state index contributed by atoms with van der Waals surface area (Å²) in [7, 11) is -2.48. The van der Waals surface area contributed by atoms with Gasteiger partial charge in [-0.1, -0.05) is 18.6 Å². The van der Waals surface area contributed by atoms with E-state index in [1.165, 1.54) is 0 Å². The van der Waals surface area contributed by atoms with Gasteiger partial charge in [0.2, 0.25) is 0 Å². The predicted octanol–water partition coefficient (Wildman–Crippen LogP) is 3.64. The fourth-order valence-corrected chi connectivity index (χ4v) is 7.99. The Balaban J connectivity index is 1.37. The molecule has 2 saturated carbocycles. The van der Waals surface area contributed by atoms with Crippen molar-refractivity contribution >= 4 is 44.5 Å². The van der Waals surface area contributed by atoms with Crippen molar-refractivity contribution in [2.24, 2.45) is 11.8 Å². The van der Waals surface area contributed by atoms with Crippen LogP contribution in [0.5, 0.6) is 0 Å². The molecular formula is C24H27NO7S2. The van der Waals surface area contributed by atoms with E-state index in [1.807, 2.05) is 12.1 Å². The number of imide groups is 1. The number of carbonyl (C=O) groups is 2. The lowest BCUT2D eigenvalue weighted by molar-refractivity contribution is -0.0166. The lowest BCUT2D eigenvalue weighted by atomic mass is 9.95. The van der Waals surface area contributed by atoms with Crippen molar-refractivity contribution in [2.45, 2.75) is 35.8 Å². The van der Waals surface area contributed by atoms with Crippen molar-refractivity contribution in [3.63, 3.8) is 0 Å². The summed E-state index contributed by atoms with van der Waals surface area (Å²) in [6.45, 7) is 1.59. The average molecular weight is 506 g/mol. The van der Waals surface area contributed by atoms with Crippen LogP contribution in [0.3, 0.4) is 0 Å². The van der Waals surface area contributed by atoms with Crippen LogP contribution in [0.1, 0.15) is 46.4 Å². The van der Waals surface area contributed by atoms with E-state index in [2.05, 4.69) is 0 Å². The molecule has 1 aliphatic heterocycles. The molecule has 2 aromatic rings. The zero-order valence-corrected chi connectivity index (χ0v) is 20.5. The Hall–Kier alpha value is -1.98. The van der Waals surface area contributed by atoms with Gasteiger partial charge in [-0.25, -0.2) is 0 Å². The Bertz CT molecular complexity index is 1210. The van der Waals surface area contributed by atoms with Crippen molar-refractivity contribution in [3.05, 3.63) is 41.5 Å². The van der Waals surface area contributed by atoms with Gasteiger partial charge >= 0.3 is 0 Å². The summed E-state index contributed by atoms with van der Waals surface area (Å²) in [6, 6.07) is 8.65. The normalized spacial score (nSPS) is 23.9. The van der Waals surface area contributed by atoms with Gasteiger partial charge in [-0.3, -0.25) is 9.59 Å². The molecule has 5 rings (SSSR count). The van der Waals surface area contributed by atoms with Crippen LogP contribution in [-0.4, -0.2) is 63.2 Å². The largest absolute Gasteiger partial charge is 0.382 e. The van der Waals surface area contributed by atoms with Crippen molar-refractivity contribution in [2.75, 3.05) is 32.7 Å². The molecule has 3 atom stereocenters. The number of hydrogen-bond acceptors (Lipinski definition) is 8. The van der Waals surface area contributed by atoms with E-state index >= 15 is 0 Å². The Labute approximate surface area is 203 Å². The van der Waals surface area contributed by atoms with E-state index in [1.54, 1.807) is 37.1 Å². The number of carbonyl (C=O) groups excluding carboxylic acids is 2. The Morgan fingerprint density at radius 3 is 2.50 bits per heavy atom. The summed E-state index contributed by atoms with van der Waals surface area (Å²) in [5.41, 5.74) is 0.517. The first kappa shape index (κ1) is 23.7. The molecule has 0 radical (unpaired) electrons. The van der Waals surface area contributed by atoms with Gasteiger partial charge in [0.25, 0.3) is 21.9 Å². The number of ether oxygens (including phenoxy) is 2. The van der Waals surface area contributed by atoms with Crippen molar-refractivity contribution in [1.82, 2.24) is 5.06 Å². The highest BCUT2D eigenvalue weighted by molar-refractivity contribution is 7.99. The Kier molecular flexibility index (Phi) is 6.69. The number of hydrogen-bond donors (Lipinski definition) is 0. The van der Waals surface area contributed by atoms with Gasteiger partial charge in [-0.15, -0.1) is 21.1 Å². The zero-order valence-electron chi connectivity index (χ0n) is 18.9. The number of fused-ring (bicyclic) bond motifs is 2. The fraction of sp³-hybridized carbons (Fsp3) is 0.500. The number of amides is 2. The van der Waals surface area contributed by atoms with Gasteiger partial charge in [0.1, 0.15) is 0 Å². The molecule has 8 nitrogen and oxygen atoms in total. The molecule has 0 aromatic heterocycles. The van der Waals surface area contributed by atoms with E-state index in [0.717, 1.165) is 29.5 Å². The molecule has 0 spiro atoms. The lowest BCUT2D eigenvalue weighted by Gasteiger charge is -2.28. The van der Waals surface area contributed by atoms with Crippen LogP contribution in [0.2, 0.25) is 0 Å². The molecule has 2 aromatic carbocycles. The van der Waals surface area contributed by atoms with E-state index in [4.69, 9.17) is 13.8 Å². The highest BCUT2D eigenvalue weighted by atomic mass is 32.2. The maximum Gasteiger partial charge on any atom is 0.291 e. The van der Waals surface area contributed by atoms with Crippen LogP contribution in [0.25, 0.3) is 10.8 Å². The molecule has 182 valence electrons. The molecular weight excluding hydrogens is 478 g/mol. The van der Waals surface area contributed by atoms with Crippen LogP contribution in [0, 0.1) is 11.8 Å². The second-order valence-electron chi connectivity index (χ2n) is 8.98. The van der Waals surface area contributed by atoms with Crippen LogP contribution >= 0.6 is 11.8 Å². The topological polar surface area (TPSA) is 99.2 Å². The quantitative estimate of drug-likeness (QED) is 0.274. The monoisotopic (exact) mass is 505 g/mol. The van der Waals surface area contributed by atoms with Gasteiger partial charge in [0.05, 0.1) is 36.2 Å². The number of thioether (sulfide) groups is 1. The minimum atomic E-state index is -4.10. The van der Waals surface area contributed by atoms with Gasteiger partial charge in [0.15, 0.2) is 0 Å². The molecule has 2 fully saturated rings. The number of methoxy groups -OCH3 is 1. The van der Waals surface area contributed by atoms with Crippen LogP contribution in [-0.2, 0) is 23.9 Å². The molecule has 34 heavy (non-hydrogen) atoms. The zero-order chi connectivity index (χ0) is 23.9. The molecule has 3 aliphatic rings. The fourth-order valence-electron chi connectivity index (χ4n) is 5.39. The van der Waals surface area contributed by atoms with Gasteiger partial charge in [0, 0.05) is 23.1 Å². The number of hydroxylamine groups is 2. The maximum absolute atomic E-state index is 13.2. The highest BCUT2D eigenvalue weighted by Crippen LogP contribution is 2.48. The Morgan fingerprint density at radius 2 is 1.79 bits per heavy atom. The van der Waals surface area contributed by atoms with Gasteiger partial charge in [-0.05, 0) is 54.7 Å². The smallest absolute Gasteiger partial charge is 0.291 e. The minimum absolute atomic E-state index is 0.0405. The summed E-state index contributed by atoms with van der Waals surface area (Å²) in [4.78, 5) is 27.3. The summed E-state index contributed by atoms with van der Waals surface area (Å²) < 4.78 is 41.7. The van der Waals surface area contributed by atoms with Crippen molar-refractivity contribution < 1.29 is 31.8 Å². The first-order valence-electron chi connectivity index (χ1n) is 11.5. The summed E-state index contributed by atoms with van der Waals surface area (Å²) in [5, 5.41) is 1.08. The lowest BCUT2D eigenvalue weighted by Crippen LogP contribution is -2.44. The second kappa shape index (κ2) is 9.58. The third kappa shape index (κ3) is 4.26. The van der Waals surface area contributed by atoms with Gasteiger partial charge in [-0.2, -0.15) is 8.42 Å². The number of rotatable bonds is 10. The molecule has 10 heteroatoms.